The predicted octanol–water partition coefficient (Wildman–Crippen LogP) is 3.26. The number of Topliss-reactive ketones (excluding diaryl/α,β-unsaturated/α-hetero) is 1. The van der Waals surface area contributed by atoms with E-state index in [0.717, 1.165) is 0 Å². The van der Waals surface area contributed by atoms with Crippen LogP contribution in [-0.4, -0.2) is 60.3 Å². The summed E-state index contributed by atoms with van der Waals surface area (Å²) < 4.78 is 15.9. The summed E-state index contributed by atoms with van der Waals surface area (Å²) in [5, 5.41) is 21.0. The predicted molar refractivity (Wildman–Crippen MR) is 118 cm³/mol. The van der Waals surface area contributed by atoms with Crippen molar-refractivity contribution in [2.24, 2.45) is 0 Å². The van der Waals surface area contributed by atoms with Gasteiger partial charge in [-0.25, -0.2) is 0 Å². The van der Waals surface area contributed by atoms with Crippen LogP contribution >= 0.6 is 0 Å². The number of hydrogen-bond donors (Lipinski definition) is 2. The smallest absolute Gasteiger partial charge is 0.295 e. The molecule has 1 heterocycles. The molecule has 8 nitrogen and oxygen atoms in total. The fourth-order valence-corrected chi connectivity index (χ4v) is 3.63. The summed E-state index contributed by atoms with van der Waals surface area (Å²) in [5.41, 5.74) is 0.842. The monoisotopic (exact) mass is 441 g/mol. The average molecular weight is 441 g/mol. The number of aliphatic hydroxyl groups is 1. The van der Waals surface area contributed by atoms with E-state index in [1.807, 2.05) is 13.8 Å². The van der Waals surface area contributed by atoms with E-state index < -0.39 is 17.7 Å². The molecule has 2 aromatic rings. The number of methoxy groups -OCH3 is 2. The molecule has 32 heavy (non-hydrogen) atoms. The van der Waals surface area contributed by atoms with Gasteiger partial charge in [0.15, 0.2) is 11.5 Å². The van der Waals surface area contributed by atoms with Crippen LogP contribution in [0.25, 0.3) is 5.76 Å². The maximum atomic E-state index is 13.0. The Morgan fingerprint density at radius 1 is 1.09 bits per heavy atom. The highest BCUT2D eigenvalue weighted by Gasteiger charge is 2.46. The molecule has 0 aliphatic carbocycles. The van der Waals surface area contributed by atoms with E-state index in [9.17, 15) is 19.8 Å². The van der Waals surface area contributed by atoms with E-state index in [2.05, 4.69) is 0 Å². The lowest BCUT2D eigenvalue weighted by atomic mass is 9.95. The summed E-state index contributed by atoms with van der Waals surface area (Å²) >= 11 is 0. The Morgan fingerprint density at radius 3 is 2.38 bits per heavy atom. The summed E-state index contributed by atoms with van der Waals surface area (Å²) in [4.78, 5) is 27.1. The van der Waals surface area contributed by atoms with Gasteiger partial charge in [0.2, 0.25) is 0 Å². The molecule has 1 amide bonds. The molecular weight excluding hydrogens is 414 g/mol. The Balaban J connectivity index is 2.11. The Labute approximate surface area is 186 Å². The van der Waals surface area contributed by atoms with Gasteiger partial charge in [0.1, 0.15) is 11.5 Å². The van der Waals surface area contributed by atoms with Crippen LogP contribution in [0.1, 0.15) is 31.0 Å². The number of amides is 1. The second kappa shape index (κ2) is 9.74. The largest absolute Gasteiger partial charge is 0.507 e. The maximum absolute atomic E-state index is 13.0. The van der Waals surface area contributed by atoms with Gasteiger partial charge in [-0.05, 0) is 55.8 Å². The number of carbonyl (C=O) groups excluding carboxylic acids is 2. The topological polar surface area (TPSA) is 106 Å². The summed E-state index contributed by atoms with van der Waals surface area (Å²) in [6, 6.07) is 10.3. The number of phenolic OH excluding ortho intramolecular Hbond substituents is 1. The van der Waals surface area contributed by atoms with Crippen molar-refractivity contribution in [1.29, 1.82) is 0 Å². The van der Waals surface area contributed by atoms with Crippen molar-refractivity contribution in [2.75, 3.05) is 27.4 Å². The Bertz CT molecular complexity index is 1030. The van der Waals surface area contributed by atoms with Crippen molar-refractivity contribution in [1.82, 2.24) is 4.90 Å². The lowest BCUT2D eigenvalue weighted by Gasteiger charge is -2.25. The molecule has 1 atom stereocenters. The normalized spacial score (nSPS) is 17.8. The molecular formula is C24H27NO7. The molecule has 2 N–H and O–H groups in total. The highest BCUT2D eigenvalue weighted by atomic mass is 16.5. The van der Waals surface area contributed by atoms with Crippen LogP contribution in [0.15, 0.2) is 48.0 Å². The minimum atomic E-state index is -0.869. The summed E-state index contributed by atoms with van der Waals surface area (Å²) in [7, 11) is 2.90. The molecule has 170 valence electrons. The van der Waals surface area contributed by atoms with Gasteiger partial charge in [0.05, 0.1) is 31.4 Å². The molecule has 2 aromatic carbocycles. The molecule has 8 heteroatoms. The van der Waals surface area contributed by atoms with Crippen molar-refractivity contribution in [3.05, 3.63) is 59.2 Å². The number of phenols is 1. The van der Waals surface area contributed by atoms with E-state index >= 15 is 0 Å². The second-order valence-electron chi connectivity index (χ2n) is 7.61. The molecule has 0 bridgehead atoms. The zero-order valence-corrected chi connectivity index (χ0v) is 18.5. The van der Waals surface area contributed by atoms with Crippen molar-refractivity contribution in [3.8, 4) is 17.2 Å². The van der Waals surface area contributed by atoms with Crippen molar-refractivity contribution in [3.63, 3.8) is 0 Å². The zero-order valence-electron chi connectivity index (χ0n) is 18.5. The number of ketones is 1. The van der Waals surface area contributed by atoms with Crippen LogP contribution in [0, 0.1) is 0 Å². The Hall–Kier alpha value is -3.52. The number of hydrogen-bond acceptors (Lipinski definition) is 7. The zero-order chi connectivity index (χ0) is 23.4. The standard InChI is InChI=1S/C24H27NO7/c1-14(2)32-17-8-5-15(6-9-17)22(27)20-21(16-7-10-18(26)19(13-16)31-4)25(11-12-30-3)24(29)23(20)28/h5-10,13-14,21,26-27H,11-12H2,1-4H3/b22-20+/t21-/m0/s1. The molecule has 0 aromatic heterocycles. The first-order chi connectivity index (χ1) is 15.3. The van der Waals surface area contributed by atoms with Crippen LogP contribution in [-0.2, 0) is 14.3 Å². The van der Waals surface area contributed by atoms with Gasteiger partial charge in [0.25, 0.3) is 11.7 Å². The number of aliphatic hydroxyl groups excluding tert-OH is 1. The highest BCUT2D eigenvalue weighted by molar-refractivity contribution is 6.46. The first kappa shape index (κ1) is 23.1. The second-order valence-corrected chi connectivity index (χ2v) is 7.61. The van der Waals surface area contributed by atoms with Crippen molar-refractivity contribution < 1.29 is 34.0 Å². The minimum Gasteiger partial charge on any atom is -0.507 e. The summed E-state index contributed by atoms with van der Waals surface area (Å²) in [6.07, 6.45) is -0.00923. The number of rotatable bonds is 8. The quantitative estimate of drug-likeness (QED) is 0.368. The number of aromatic hydroxyl groups is 1. The minimum absolute atomic E-state index is 0.00923. The van der Waals surface area contributed by atoms with Gasteiger partial charge in [0, 0.05) is 19.2 Å². The Morgan fingerprint density at radius 2 is 1.78 bits per heavy atom. The molecule has 1 saturated heterocycles. The average Bonchev–Trinajstić information content (AvgIpc) is 3.02. The third-order valence-electron chi connectivity index (χ3n) is 5.10. The lowest BCUT2D eigenvalue weighted by molar-refractivity contribution is -0.140. The SMILES string of the molecule is COCCN1C(=O)C(=O)/C(=C(/O)c2ccc(OC(C)C)cc2)[C@@H]1c1ccc(O)c(OC)c1. The molecule has 3 rings (SSSR count). The van der Waals surface area contributed by atoms with E-state index in [0.29, 0.717) is 16.9 Å². The van der Waals surface area contributed by atoms with E-state index in [1.54, 1.807) is 36.4 Å². The fourth-order valence-electron chi connectivity index (χ4n) is 3.63. The van der Waals surface area contributed by atoms with Gasteiger partial charge < -0.3 is 29.3 Å². The van der Waals surface area contributed by atoms with Crippen molar-refractivity contribution in [2.45, 2.75) is 26.0 Å². The number of ether oxygens (including phenoxy) is 3. The van der Waals surface area contributed by atoms with Crippen molar-refractivity contribution >= 4 is 17.4 Å². The molecule has 0 saturated carbocycles. The number of likely N-dealkylation sites (tertiary alicyclic amines) is 1. The van der Waals surface area contributed by atoms with Crippen LogP contribution in [0.3, 0.4) is 0 Å². The summed E-state index contributed by atoms with van der Waals surface area (Å²) in [5.74, 6) is -1.09. The Kier molecular flexibility index (Phi) is 7.05. The number of benzene rings is 2. The molecule has 1 fully saturated rings. The number of nitrogens with zero attached hydrogens (tertiary/aromatic N) is 1. The van der Waals surface area contributed by atoms with Gasteiger partial charge in [-0.15, -0.1) is 0 Å². The van der Waals surface area contributed by atoms with Crippen LogP contribution in [0.4, 0.5) is 0 Å². The van der Waals surface area contributed by atoms with Crippen LogP contribution < -0.4 is 9.47 Å². The third kappa shape index (κ3) is 4.55. The third-order valence-corrected chi connectivity index (χ3v) is 5.10. The first-order valence-electron chi connectivity index (χ1n) is 10.2. The van der Waals surface area contributed by atoms with Crippen LogP contribution in [0.5, 0.6) is 17.2 Å². The molecule has 0 unspecified atom stereocenters. The molecule has 1 aliphatic rings. The first-order valence-corrected chi connectivity index (χ1v) is 10.2. The molecule has 0 radical (unpaired) electrons. The lowest BCUT2D eigenvalue weighted by Crippen LogP contribution is -2.32. The molecule has 0 spiro atoms. The van der Waals surface area contributed by atoms with Crippen LogP contribution in [0.2, 0.25) is 0 Å². The van der Waals surface area contributed by atoms with Gasteiger partial charge in [-0.1, -0.05) is 6.07 Å². The van der Waals surface area contributed by atoms with E-state index in [4.69, 9.17) is 14.2 Å². The van der Waals surface area contributed by atoms with Gasteiger partial charge in [-0.3, -0.25) is 9.59 Å². The summed E-state index contributed by atoms with van der Waals surface area (Å²) in [6.45, 7) is 4.16. The van der Waals surface area contributed by atoms with Gasteiger partial charge in [-0.2, -0.15) is 0 Å². The highest BCUT2D eigenvalue weighted by Crippen LogP contribution is 2.41. The van der Waals surface area contributed by atoms with E-state index in [-0.39, 0.29) is 42.1 Å². The fraction of sp³-hybridized carbons (Fsp3) is 0.333. The number of carbonyl (C=O) groups is 2. The molecule has 1 aliphatic heterocycles. The van der Waals surface area contributed by atoms with Gasteiger partial charge >= 0.3 is 0 Å². The maximum Gasteiger partial charge on any atom is 0.295 e. The van der Waals surface area contributed by atoms with E-state index in [1.165, 1.54) is 25.2 Å².